The summed E-state index contributed by atoms with van der Waals surface area (Å²) < 4.78 is 1.59. The second kappa shape index (κ2) is 7.16. The average Bonchev–Trinajstić information content (AvgIpc) is 2.30. The van der Waals surface area contributed by atoms with Gasteiger partial charge in [0.25, 0.3) is 0 Å². The molecule has 0 bridgehead atoms. The fraction of sp³-hybridized carbons (Fsp3) is 0.250. The highest BCUT2D eigenvalue weighted by atomic mass is 79.9. The molecule has 6 heteroatoms. The van der Waals surface area contributed by atoms with Gasteiger partial charge >= 0.3 is 0 Å². The van der Waals surface area contributed by atoms with Crippen LogP contribution in [-0.4, -0.2) is 18.5 Å². The van der Waals surface area contributed by atoms with Crippen LogP contribution in [0.5, 0.6) is 0 Å². The minimum Gasteiger partial charge on any atom is -0.372 e. The van der Waals surface area contributed by atoms with E-state index in [0.29, 0.717) is 11.6 Å². The molecule has 1 rings (SSSR count). The third-order valence-corrected chi connectivity index (χ3v) is 3.65. The van der Waals surface area contributed by atoms with Gasteiger partial charge in [-0.1, -0.05) is 17.7 Å². The first-order valence-corrected chi connectivity index (χ1v) is 7.21. The van der Waals surface area contributed by atoms with Crippen LogP contribution in [0.2, 0.25) is 5.02 Å². The molecule has 1 aromatic carbocycles. The summed E-state index contributed by atoms with van der Waals surface area (Å²) in [5, 5.41) is 6.46. The molecule has 1 atom stereocenters. The Bertz CT molecular complexity index is 442. The van der Waals surface area contributed by atoms with E-state index in [1.807, 2.05) is 0 Å². The average molecular weight is 397 g/mol. The van der Waals surface area contributed by atoms with Gasteiger partial charge in [0, 0.05) is 20.5 Å². The van der Waals surface area contributed by atoms with Crippen molar-refractivity contribution < 1.29 is 4.79 Å². The second-order valence-electron chi connectivity index (χ2n) is 3.64. The van der Waals surface area contributed by atoms with Gasteiger partial charge in [-0.05, 0) is 50.9 Å². The summed E-state index contributed by atoms with van der Waals surface area (Å²) in [6, 6.07) is 3.17. The minimum atomic E-state index is -0.362. The number of hydrogen-bond donors (Lipinski definition) is 2. The Morgan fingerprint density at radius 3 is 2.56 bits per heavy atom. The van der Waals surface area contributed by atoms with Crippen molar-refractivity contribution in [3.63, 3.8) is 0 Å². The molecule has 0 aromatic heterocycles. The number of rotatable bonds is 5. The molecule has 1 aromatic rings. The number of carbonyl (C=O) groups excluding carboxylic acids is 1. The highest BCUT2D eigenvalue weighted by Crippen LogP contribution is 2.34. The maximum absolute atomic E-state index is 11.7. The lowest BCUT2D eigenvalue weighted by atomic mass is 10.2. The predicted molar refractivity (Wildman–Crippen MR) is 83.1 cm³/mol. The van der Waals surface area contributed by atoms with Crippen LogP contribution in [0.15, 0.2) is 33.7 Å². The summed E-state index contributed by atoms with van der Waals surface area (Å²) in [6.45, 7) is 5.78. The number of anilines is 1. The number of hydrogen-bond acceptors (Lipinski definition) is 2. The van der Waals surface area contributed by atoms with Crippen molar-refractivity contribution in [3.05, 3.63) is 38.8 Å². The Labute approximate surface area is 128 Å². The fourth-order valence-corrected chi connectivity index (χ4v) is 3.19. The van der Waals surface area contributed by atoms with Crippen LogP contribution in [0.25, 0.3) is 0 Å². The first-order chi connectivity index (χ1) is 8.45. The summed E-state index contributed by atoms with van der Waals surface area (Å²) in [6.07, 6.45) is 1.64. The lowest BCUT2D eigenvalue weighted by Crippen LogP contribution is -2.37. The largest absolute Gasteiger partial charge is 0.372 e. The van der Waals surface area contributed by atoms with Crippen LogP contribution in [0.4, 0.5) is 5.69 Å². The predicted octanol–water partition coefficient (Wildman–Crippen LogP) is 3.97. The molecule has 3 nitrogen and oxygen atoms in total. The zero-order valence-corrected chi connectivity index (χ0v) is 13.7. The second-order valence-corrected chi connectivity index (χ2v) is 5.79. The molecule has 1 amide bonds. The lowest BCUT2D eigenvalue weighted by Gasteiger charge is -2.17. The first-order valence-electron chi connectivity index (χ1n) is 5.25. The van der Waals surface area contributed by atoms with Gasteiger partial charge < -0.3 is 10.6 Å². The van der Waals surface area contributed by atoms with E-state index in [1.54, 1.807) is 25.1 Å². The normalized spacial score (nSPS) is 11.8. The Balaban J connectivity index is 2.78. The molecule has 0 radical (unpaired) electrons. The van der Waals surface area contributed by atoms with E-state index in [0.717, 1.165) is 14.6 Å². The molecule has 0 heterocycles. The van der Waals surface area contributed by atoms with E-state index in [4.69, 9.17) is 11.6 Å². The highest BCUT2D eigenvalue weighted by molar-refractivity contribution is 9.11. The molecule has 0 spiro atoms. The van der Waals surface area contributed by atoms with E-state index in [2.05, 4.69) is 49.1 Å². The molecular formula is C12H13Br2ClN2O. The van der Waals surface area contributed by atoms with Crippen molar-refractivity contribution in [2.24, 2.45) is 0 Å². The summed E-state index contributed by atoms with van der Waals surface area (Å²) in [5.41, 5.74) is 0.792. The standard InChI is InChI=1S/C12H13Br2ClN2O/c1-3-4-16-12(18)7(2)17-11-9(13)5-8(15)6-10(11)14/h3,5-7,17H,1,4H2,2H3,(H,16,18). The van der Waals surface area contributed by atoms with Gasteiger partial charge in [0.15, 0.2) is 0 Å². The quantitative estimate of drug-likeness (QED) is 0.740. The molecule has 0 aliphatic carbocycles. The number of halogens is 3. The summed E-state index contributed by atoms with van der Waals surface area (Å²) >= 11 is 12.7. The van der Waals surface area contributed by atoms with Gasteiger partial charge in [-0.3, -0.25) is 4.79 Å². The number of nitrogens with one attached hydrogen (secondary N) is 2. The van der Waals surface area contributed by atoms with Gasteiger partial charge in [0.05, 0.1) is 5.69 Å². The minimum absolute atomic E-state index is 0.0938. The van der Waals surface area contributed by atoms with Crippen molar-refractivity contribution >= 4 is 55.1 Å². The smallest absolute Gasteiger partial charge is 0.242 e. The molecular weight excluding hydrogens is 383 g/mol. The topological polar surface area (TPSA) is 41.1 Å². The van der Waals surface area contributed by atoms with E-state index < -0.39 is 0 Å². The van der Waals surface area contributed by atoms with Crippen molar-refractivity contribution in [2.45, 2.75) is 13.0 Å². The molecule has 1 unspecified atom stereocenters. The lowest BCUT2D eigenvalue weighted by molar-refractivity contribution is -0.121. The van der Waals surface area contributed by atoms with Crippen molar-refractivity contribution in [1.82, 2.24) is 5.32 Å². The van der Waals surface area contributed by atoms with E-state index >= 15 is 0 Å². The summed E-state index contributed by atoms with van der Waals surface area (Å²) in [5.74, 6) is -0.0938. The van der Waals surface area contributed by atoms with Crippen LogP contribution in [0.3, 0.4) is 0 Å². The van der Waals surface area contributed by atoms with Crippen molar-refractivity contribution in [3.8, 4) is 0 Å². The van der Waals surface area contributed by atoms with Gasteiger partial charge in [0.2, 0.25) is 5.91 Å². The van der Waals surface area contributed by atoms with Crippen LogP contribution < -0.4 is 10.6 Å². The van der Waals surface area contributed by atoms with E-state index in [9.17, 15) is 4.79 Å². The monoisotopic (exact) mass is 394 g/mol. The first kappa shape index (κ1) is 15.5. The molecule has 0 aliphatic rings. The molecule has 0 saturated carbocycles. The van der Waals surface area contributed by atoms with Crippen molar-refractivity contribution in [1.29, 1.82) is 0 Å². The van der Waals surface area contributed by atoms with Crippen LogP contribution >= 0.6 is 43.5 Å². The van der Waals surface area contributed by atoms with Gasteiger partial charge in [-0.25, -0.2) is 0 Å². The number of carbonyl (C=O) groups is 1. The Kier molecular flexibility index (Phi) is 6.18. The summed E-state index contributed by atoms with van der Waals surface area (Å²) in [7, 11) is 0. The SMILES string of the molecule is C=CCNC(=O)C(C)Nc1c(Br)cc(Cl)cc1Br. The third kappa shape index (κ3) is 4.30. The fourth-order valence-electron chi connectivity index (χ4n) is 1.29. The van der Waals surface area contributed by atoms with Crippen LogP contribution in [-0.2, 0) is 4.79 Å². The third-order valence-electron chi connectivity index (χ3n) is 2.18. The highest BCUT2D eigenvalue weighted by Gasteiger charge is 2.15. The van der Waals surface area contributed by atoms with Crippen LogP contribution in [0, 0.1) is 0 Å². The van der Waals surface area contributed by atoms with Gasteiger partial charge in [-0.15, -0.1) is 6.58 Å². The van der Waals surface area contributed by atoms with Gasteiger partial charge in [-0.2, -0.15) is 0 Å². The van der Waals surface area contributed by atoms with Crippen molar-refractivity contribution in [2.75, 3.05) is 11.9 Å². The molecule has 0 aliphatic heterocycles. The Hall–Kier alpha value is -0.520. The maximum Gasteiger partial charge on any atom is 0.242 e. The molecule has 2 N–H and O–H groups in total. The zero-order chi connectivity index (χ0) is 13.7. The van der Waals surface area contributed by atoms with Crippen LogP contribution in [0.1, 0.15) is 6.92 Å². The Morgan fingerprint density at radius 2 is 2.06 bits per heavy atom. The molecule has 0 saturated heterocycles. The van der Waals surface area contributed by atoms with Gasteiger partial charge in [0.1, 0.15) is 6.04 Å². The number of amides is 1. The Morgan fingerprint density at radius 1 is 1.50 bits per heavy atom. The maximum atomic E-state index is 11.7. The summed E-state index contributed by atoms with van der Waals surface area (Å²) in [4.78, 5) is 11.7. The molecule has 98 valence electrons. The zero-order valence-electron chi connectivity index (χ0n) is 9.77. The number of benzene rings is 1. The molecule has 0 fully saturated rings. The van der Waals surface area contributed by atoms with E-state index in [1.165, 1.54) is 0 Å². The van der Waals surface area contributed by atoms with E-state index in [-0.39, 0.29) is 11.9 Å². The molecule has 18 heavy (non-hydrogen) atoms.